The molecule has 0 atom stereocenters. The molecule has 0 amide bonds. The average molecular weight is 156 g/mol. The average Bonchev–Trinajstić information content (AvgIpc) is 1.85. The van der Waals surface area contributed by atoms with Gasteiger partial charge in [0.05, 0.1) is 0 Å². The first-order valence-electron chi connectivity index (χ1n) is 2.76. The second kappa shape index (κ2) is 2.53. The summed E-state index contributed by atoms with van der Waals surface area (Å²) in [5.74, 6) is -2.44. The molecule has 0 spiro atoms. The Morgan fingerprint density at radius 3 is 2.73 bits per heavy atom. The largest absolute Gasteiger partial charge is 0.478 e. The molecule has 1 aromatic rings. The molecule has 0 aliphatic carbocycles. The topological polar surface area (TPSA) is 76.2 Å². The van der Waals surface area contributed by atoms with Crippen LogP contribution in [-0.2, 0) is 0 Å². The molecule has 0 bridgehead atoms. The van der Waals surface area contributed by atoms with Crippen LogP contribution in [0.2, 0.25) is 0 Å². The number of pyridine rings is 1. The van der Waals surface area contributed by atoms with Crippen molar-refractivity contribution in [1.82, 2.24) is 4.98 Å². The fourth-order valence-corrected chi connectivity index (χ4v) is 0.608. The van der Waals surface area contributed by atoms with Gasteiger partial charge in [0.15, 0.2) is 0 Å². The van der Waals surface area contributed by atoms with E-state index in [1.54, 1.807) is 0 Å². The van der Waals surface area contributed by atoms with Crippen molar-refractivity contribution in [2.45, 2.75) is 0 Å². The van der Waals surface area contributed by atoms with E-state index in [9.17, 15) is 9.18 Å². The summed E-state index contributed by atoms with van der Waals surface area (Å²) < 4.78 is 12.5. The summed E-state index contributed by atoms with van der Waals surface area (Å²) in [6.45, 7) is 0. The maximum absolute atomic E-state index is 12.5. The number of carbonyl (C=O) groups is 1. The maximum Gasteiger partial charge on any atom is 0.340 e. The Kier molecular flexibility index (Phi) is 1.72. The highest BCUT2D eigenvalue weighted by atomic mass is 19.1. The van der Waals surface area contributed by atoms with E-state index >= 15 is 0 Å². The highest BCUT2D eigenvalue weighted by Gasteiger charge is 2.10. The third-order valence-corrected chi connectivity index (χ3v) is 1.10. The molecule has 11 heavy (non-hydrogen) atoms. The van der Waals surface area contributed by atoms with Crippen molar-refractivity contribution < 1.29 is 14.3 Å². The van der Waals surface area contributed by atoms with Crippen LogP contribution in [0.15, 0.2) is 12.1 Å². The molecule has 4 nitrogen and oxygen atoms in total. The molecule has 5 heteroatoms. The van der Waals surface area contributed by atoms with Gasteiger partial charge in [0.25, 0.3) is 0 Å². The van der Waals surface area contributed by atoms with Crippen LogP contribution in [0.4, 0.5) is 10.2 Å². The lowest BCUT2D eigenvalue weighted by atomic mass is 10.3. The van der Waals surface area contributed by atoms with Gasteiger partial charge in [-0.25, -0.2) is 9.78 Å². The van der Waals surface area contributed by atoms with Gasteiger partial charge in [0.1, 0.15) is 11.4 Å². The van der Waals surface area contributed by atoms with Crippen molar-refractivity contribution in [1.29, 1.82) is 0 Å². The zero-order valence-corrected chi connectivity index (χ0v) is 5.41. The Hall–Kier alpha value is -1.65. The predicted octanol–water partition coefficient (Wildman–Crippen LogP) is 0.501. The summed E-state index contributed by atoms with van der Waals surface area (Å²) in [7, 11) is 0. The monoisotopic (exact) mass is 156 g/mol. The van der Waals surface area contributed by atoms with Crippen LogP contribution in [-0.4, -0.2) is 16.1 Å². The van der Waals surface area contributed by atoms with Crippen molar-refractivity contribution in [2.24, 2.45) is 0 Å². The summed E-state index contributed by atoms with van der Waals surface area (Å²) in [6, 6.07) is 2.30. The lowest BCUT2D eigenvalue weighted by molar-refractivity contribution is 0.0691. The zero-order valence-electron chi connectivity index (χ0n) is 5.41. The molecule has 3 N–H and O–H groups in total. The zero-order chi connectivity index (χ0) is 8.43. The molecule has 1 heterocycles. The van der Waals surface area contributed by atoms with E-state index in [2.05, 4.69) is 4.98 Å². The van der Waals surface area contributed by atoms with Crippen molar-refractivity contribution in [3.05, 3.63) is 23.6 Å². The number of hydrogen-bond donors (Lipinski definition) is 2. The Balaban J connectivity index is 3.20. The number of carboxylic acid groups (broad SMARTS) is 1. The van der Waals surface area contributed by atoms with Crippen LogP contribution in [0.3, 0.4) is 0 Å². The molecule has 58 valence electrons. The SMILES string of the molecule is Nc1ccc(C(=O)O)c(F)n1. The Bertz CT molecular complexity index is 301. The number of nitrogens with two attached hydrogens (primary N) is 1. The second-order valence-electron chi connectivity index (χ2n) is 1.88. The van der Waals surface area contributed by atoms with Crippen LogP contribution < -0.4 is 5.73 Å². The van der Waals surface area contributed by atoms with E-state index in [1.165, 1.54) is 6.07 Å². The van der Waals surface area contributed by atoms with E-state index in [1.807, 2.05) is 0 Å². The Morgan fingerprint density at radius 2 is 2.27 bits per heavy atom. The highest BCUT2D eigenvalue weighted by Crippen LogP contribution is 2.06. The number of rotatable bonds is 1. The van der Waals surface area contributed by atoms with Crippen LogP contribution >= 0.6 is 0 Å². The van der Waals surface area contributed by atoms with E-state index in [4.69, 9.17) is 10.8 Å². The first-order valence-corrected chi connectivity index (χ1v) is 2.76. The van der Waals surface area contributed by atoms with Crippen LogP contribution in [0, 0.1) is 5.95 Å². The minimum Gasteiger partial charge on any atom is -0.478 e. The highest BCUT2D eigenvalue weighted by molar-refractivity contribution is 5.87. The molecule has 0 fully saturated rings. The van der Waals surface area contributed by atoms with E-state index in [0.29, 0.717) is 0 Å². The van der Waals surface area contributed by atoms with E-state index in [-0.39, 0.29) is 5.82 Å². The molecule has 0 saturated heterocycles. The standard InChI is InChI=1S/C6H5FN2O2/c7-5-3(6(10)11)1-2-4(8)9-5/h1-2H,(H2,8,9)(H,10,11). The van der Waals surface area contributed by atoms with Gasteiger partial charge in [-0.15, -0.1) is 0 Å². The second-order valence-corrected chi connectivity index (χ2v) is 1.88. The molecule has 1 aromatic heterocycles. The summed E-state index contributed by atoms with van der Waals surface area (Å²) in [5, 5.41) is 8.34. The first kappa shape index (κ1) is 7.46. The number of nitrogen functional groups attached to an aromatic ring is 1. The molecule has 1 rings (SSSR count). The van der Waals surface area contributed by atoms with Gasteiger partial charge in [0, 0.05) is 0 Å². The molecule has 0 aliphatic rings. The molecule has 0 radical (unpaired) electrons. The molecular formula is C6H5FN2O2. The van der Waals surface area contributed by atoms with Gasteiger partial charge in [-0.2, -0.15) is 4.39 Å². The third-order valence-electron chi connectivity index (χ3n) is 1.10. The number of hydrogen-bond acceptors (Lipinski definition) is 3. The third kappa shape index (κ3) is 1.43. The number of nitrogens with zero attached hydrogens (tertiary/aromatic N) is 1. The molecular weight excluding hydrogens is 151 g/mol. The van der Waals surface area contributed by atoms with E-state index in [0.717, 1.165) is 6.07 Å². The van der Waals surface area contributed by atoms with Gasteiger partial charge < -0.3 is 10.8 Å². The Morgan fingerprint density at radius 1 is 1.64 bits per heavy atom. The maximum atomic E-state index is 12.5. The lowest BCUT2D eigenvalue weighted by Crippen LogP contribution is -2.04. The predicted molar refractivity (Wildman–Crippen MR) is 35.6 cm³/mol. The number of aromatic carboxylic acids is 1. The first-order chi connectivity index (χ1) is 5.11. The summed E-state index contributed by atoms with van der Waals surface area (Å²) in [5.41, 5.74) is 4.61. The number of aromatic nitrogens is 1. The summed E-state index contributed by atoms with van der Waals surface area (Å²) >= 11 is 0. The van der Waals surface area contributed by atoms with Gasteiger partial charge >= 0.3 is 5.97 Å². The molecule has 0 unspecified atom stereocenters. The van der Waals surface area contributed by atoms with Crippen molar-refractivity contribution in [3.8, 4) is 0 Å². The Labute approximate surface area is 61.5 Å². The smallest absolute Gasteiger partial charge is 0.340 e. The fourth-order valence-electron chi connectivity index (χ4n) is 0.608. The summed E-state index contributed by atoms with van der Waals surface area (Å²) in [6.07, 6.45) is 0. The fraction of sp³-hybridized carbons (Fsp3) is 0. The minimum atomic E-state index is -1.35. The van der Waals surface area contributed by atoms with E-state index < -0.39 is 17.5 Å². The molecule has 0 aliphatic heterocycles. The molecule has 0 aromatic carbocycles. The normalized spacial score (nSPS) is 9.55. The van der Waals surface area contributed by atoms with Crippen LogP contribution in [0.1, 0.15) is 10.4 Å². The quantitative estimate of drug-likeness (QED) is 0.580. The number of halogens is 1. The van der Waals surface area contributed by atoms with Gasteiger partial charge in [-0.05, 0) is 12.1 Å². The number of anilines is 1. The number of carboxylic acids is 1. The molecule has 0 saturated carbocycles. The van der Waals surface area contributed by atoms with Gasteiger partial charge in [-0.3, -0.25) is 0 Å². The minimum absolute atomic E-state index is 0.0347. The van der Waals surface area contributed by atoms with Crippen molar-refractivity contribution in [3.63, 3.8) is 0 Å². The van der Waals surface area contributed by atoms with Crippen LogP contribution in [0.5, 0.6) is 0 Å². The lowest BCUT2D eigenvalue weighted by Gasteiger charge is -1.95. The summed E-state index contributed by atoms with van der Waals surface area (Å²) in [4.78, 5) is 13.3. The van der Waals surface area contributed by atoms with Gasteiger partial charge in [-0.1, -0.05) is 0 Å². The van der Waals surface area contributed by atoms with Gasteiger partial charge in [0.2, 0.25) is 5.95 Å². The van der Waals surface area contributed by atoms with Crippen LogP contribution in [0.25, 0.3) is 0 Å². The van der Waals surface area contributed by atoms with Crippen molar-refractivity contribution in [2.75, 3.05) is 5.73 Å². The van der Waals surface area contributed by atoms with Crippen molar-refractivity contribution >= 4 is 11.8 Å².